The van der Waals surface area contributed by atoms with Crippen LogP contribution >= 0.6 is 11.6 Å². The van der Waals surface area contributed by atoms with Crippen molar-refractivity contribution in [3.05, 3.63) is 45.3 Å². The Morgan fingerprint density at radius 2 is 2.12 bits per heavy atom. The van der Waals surface area contributed by atoms with Gasteiger partial charge in [-0.15, -0.1) is 10.2 Å². The first-order chi connectivity index (χ1) is 12.1. The Balaban J connectivity index is 1.55. The molecule has 0 radical (unpaired) electrons. The molecule has 7 nitrogen and oxygen atoms in total. The number of carbonyl (C=O) groups is 1. The van der Waals surface area contributed by atoms with E-state index in [0.717, 1.165) is 25.0 Å². The highest BCUT2D eigenvalue weighted by Crippen LogP contribution is 2.16. The largest absolute Gasteiger partial charge is 0.376 e. The molecule has 8 heteroatoms. The average molecular weight is 363 g/mol. The molecule has 0 bridgehead atoms. The minimum absolute atomic E-state index is 0.103. The second kappa shape index (κ2) is 8.22. The lowest BCUT2D eigenvalue weighted by atomic mass is 10.2. The maximum Gasteiger partial charge on any atom is 0.273 e. The van der Waals surface area contributed by atoms with Crippen LogP contribution in [0.4, 0.5) is 0 Å². The van der Waals surface area contributed by atoms with E-state index in [9.17, 15) is 9.59 Å². The predicted octanol–water partition coefficient (Wildman–Crippen LogP) is 1.71. The van der Waals surface area contributed by atoms with Gasteiger partial charge in [0.2, 0.25) is 5.91 Å². The van der Waals surface area contributed by atoms with Gasteiger partial charge in [-0.05, 0) is 37.1 Å². The number of hydrogen-bond acceptors (Lipinski definition) is 5. The molecule has 0 saturated carbocycles. The van der Waals surface area contributed by atoms with Gasteiger partial charge < -0.3 is 15.0 Å². The smallest absolute Gasteiger partial charge is 0.273 e. The SMILES string of the molecule is O=C(CCc1nnc(-c2ccc(Cl)cc2)[nH]c1=O)NCC1CCCO1. The Morgan fingerprint density at radius 1 is 1.32 bits per heavy atom. The van der Waals surface area contributed by atoms with Gasteiger partial charge in [-0.3, -0.25) is 9.59 Å². The number of nitrogens with zero attached hydrogens (tertiary/aromatic N) is 2. The Labute approximate surface area is 149 Å². The lowest BCUT2D eigenvalue weighted by Gasteiger charge is -2.10. The first kappa shape index (κ1) is 17.6. The Hall–Kier alpha value is -2.25. The molecule has 1 aromatic heterocycles. The quantitative estimate of drug-likeness (QED) is 0.815. The van der Waals surface area contributed by atoms with Gasteiger partial charge in [-0.25, -0.2) is 0 Å². The molecular formula is C17H19ClN4O3. The van der Waals surface area contributed by atoms with Crippen LogP contribution in [0.3, 0.4) is 0 Å². The number of aryl methyl sites for hydroxylation is 1. The number of benzene rings is 1. The van der Waals surface area contributed by atoms with Gasteiger partial charge >= 0.3 is 0 Å². The van der Waals surface area contributed by atoms with E-state index in [4.69, 9.17) is 16.3 Å². The fourth-order valence-corrected chi connectivity index (χ4v) is 2.74. The van der Waals surface area contributed by atoms with E-state index in [2.05, 4.69) is 20.5 Å². The number of nitrogens with one attached hydrogen (secondary N) is 2. The van der Waals surface area contributed by atoms with Gasteiger partial charge in [0.05, 0.1) is 6.10 Å². The first-order valence-electron chi connectivity index (χ1n) is 8.22. The molecule has 0 aliphatic carbocycles. The number of amides is 1. The van der Waals surface area contributed by atoms with Gasteiger partial charge in [-0.2, -0.15) is 0 Å². The summed E-state index contributed by atoms with van der Waals surface area (Å²) in [4.78, 5) is 26.7. The van der Waals surface area contributed by atoms with Gasteiger partial charge in [0.25, 0.3) is 5.56 Å². The average Bonchev–Trinajstić information content (AvgIpc) is 3.13. The molecule has 2 aromatic rings. The van der Waals surface area contributed by atoms with Crippen molar-refractivity contribution in [2.45, 2.75) is 31.8 Å². The Morgan fingerprint density at radius 3 is 2.80 bits per heavy atom. The molecule has 1 atom stereocenters. The van der Waals surface area contributed by atoms with Crippen molar-refractivity contribution in [2.24, 2.45) is 0 Å². The van der Waals surface area contributed by atoms with E-state index in [1.165, 1.54) is 0 Å². The molecule has 1 aliphatic rings. The topological polar surface area (TPSA) is 97.0 Å². The van der Waals surface area contributed by atoms with E-state index < -0.39 is 0 Å². The zero-order chi connectivity index (χ0) is 17.6. The lowest BCUT2D eigenvalue weighted by Crippen LogP contribution is -2.32. The summed E-state index contributed by atoms with van der Waals surface area (Å²) in [6.07, 6.45) is 2.53. The molecule has 1 unspecified atom stereocenters. The van der Waals surface area contributed by atoms with Crippen LogP contribution in [0.5, 0.6) is 0 Å². The highest BCUT2D eigenvalue weighted by Gasteiger charge is 2.16. The van der Waals surface area contributed by atoms with Crippen molar-refractivity contribution in [2.75, 3.05) is 13.2 Å². The molecule has 2 heterocycles. The number of aromatic amines is 1. The summed E-state index contributed by atoms with van der Waals surface area (Å²) in [5.41, 5.74) is 0.617. The van der Waals surface area contributed by atoms with Crippen LogP contribution in [0.25, 0.3) is 11.4 Å². The van der Waals surface area contributed by atoms with Gasteiger partial charge in [0.1, 0.15) is 5.69 Å². The van der Waals surface area contributed by atoms with Crippen LogP contribution in [0.15, 0.2) is 29.1 Å². The molecule has 3 rings (SSSR count). The molecule has 1 amide bonds. The van der Waals surface area contributed by atoms with Crippen molar-refractivity contribution in [3.63, 3.8) is 0 Å². The third-order valence-corrected chi connectivity index (χ3v) is 4.27. The van der Waals surface area contributed by atoms with Crippen LogP contribution in [0, 0.1) is 0 Å². The summed E-state index contributed by atoms with van der Waals surface area (Å²) < 4.78 is 5.45. The van der Waals surface area contributed by atoms with Crippen LogP contribution in [-0.2, 0) is 16.0 Å². The fraction of sp³-hybridized carbons (Fsp3) is 0.412. The minimum Gasteiger partial charge on any atom is -0.376 e. The molecule has 132 valence electrons. The molecule has 1 aromatic carbocycles. The van der Waals surface area contributed by atoms with Crippen molar-refractivity contribution in [1.29, 1.82) is 0 Å². The van der Waals surface area contributed by atoms with Crippen molar-refractivity contribution < 1.29 is 9.53 Å². The lowest BCUT2D eigenvalue weighted by molar-refractivity contribution is -0.121. The van der Waals surface area contributed by atoms with Crippen molar-refractivity contribution >= 4 is 17.5 Å². The van der Waals surface area contributed by atoms with E-state index in [-0.39, 0.29) is 36.1 Å². The number of rotatable bonds is 6. The summed E-state index contributed by atoms with van der Waals surface area (Å²) in [5.74, 6) is 0.242. The minimum atomic E-state index is -0.341. The maximum atomic E-state index is 12.1. The molecule has 1 aliphatic heterocycles. The normalized spacial score (nSPS) is 16.8. The third-order valence-electron chi connectivity index (χ3n) is 4.02. The van der Waals surface area contributed by atoms with Crippen molar-refractivity contribution in [1.82, 2.24) is 20.5 Å². The Bertz CT molecular complexity index is 785. The highest BCUT2D eigenvalue weighted by atomic mass is 35.5. The number of ether oxygens (including phenoxy) is 1. The zero-order valence-electron chi connectivity index (χ0n) is 13.6. The van der Waals surface area contributed by atoms with E-state index in [0.29, 0.717) is 17.4 Å². The van der Waals surface area contributed by atoms with Crippen LogP contribution in [0.2, 0.25) is 5.02 Å². The van der Waals surface area contributed by atoms with Gasteiger partial charge in [0.15, 0.2) is 5.82 Å². The number of halogens is 1. The predicted molar refractivity (Wildman–Crippen MR) is 93.4 cm³/mol. The van der Waals surface area contributed by atoms with E-state index >= 15 is 0 Å². The zero-order valence-corrected chi connectivity index (χ0v) is 14.4. The van der Waals surface area contributed by atoms with Crippen LogP contribution in [-0.4, -0.2) is 40.3 Å². The molecule has 0 spiro atoms. The maximum absolute atomic E-state index is 12.1. The summed E-state index contributed by atoms with van der Waals surface area (Å²) in [6, 6.07) is 6.92. The summed E-state index contributed by atoms with van der Waals surface area (Å²) in [6.45, 7) is 1.27. The van der Waals surface area contributed by atoms with Gasteiger partial charge in [0, 0.05) is 36.6 Å². The van der Waals surface area contributed by atoms with E-state index in [1.54, 1.807) is 24.3 Å². The summed E-state index contributed by atoms with van der Waals surface area (Å²) in [5, 5.41) is 11.4. The number of carbonyl (C=O) groups excluding carboxylic acids is 1. The van der Waals surface area contributed by atoms with Crippen molar-refractivity contribution in [3.8, 4) is 11.4 Å². The highest BCUT2D eigenvalue weighted by molar-refractivity contribution is 6.30. The monoisotopic (exact) mass is 362 g/mol. The molecule has 1 saturated heterocycles. The first-order valence-corrected chi connectivity index (χ1v) is 8.60. The molecule has 2 N–H and O–H groups in total. The van der Waals surface area contributed by atoms with E-state index in [1.807, 2.05) is 0 Å². The summed E-state index contributed by atoms with van der Waals surface area (Å²) >= 11 is 5.84. The standard InChI is InChI=1S/C17H19ClN4O3/c18-12-5-3-11(4-6-12)16-20-17(24)14(21-22-16)7-8-15(23)19-10-13-2-1-9-25-13/h3-6,13H,1-2,7-10H2,(H,19,23)(H,20,22,24). The molecule has 25 heavy (non-hydrogen) atoms. The second-order valence-corrected chi connectivity index (χ2v) is 6.33. The second-order valence-electron chi connectivity index (χ2n) is 5.90. The molecular weight excluding hydrogens is 344 g/mol. The number of hydrogen-bond donors (Lipinski definition) is 2. The van der Waals surface area contributed by atoms with Crippen LogP contribution in [0.1, 0.15) is 25.0 Å². The number of aromatic nitrogens is 3. The van der Waals surface area contributed by atoms with Gasteiger partial charge in [-0.1, -0.05) is 11.6 Å². The third kappa shape index (κ3) is 4.87. The molecule has 1 fully saturated rings. The Kier molecular flexibility index (Phi) is 5.78. The summed E-state index contributed by atoms with van der Waals surface area (Å²) in [7, 11) is 0. The number of H-pyrrole nitrogens is 1. The van der Waals surface area contributed by atoms with Crippen LogP contribution < -0.4 is 10.9 Å². The fourth-order valence-electron chi connectivity index (χ4n) is 2.61.